The largest absolute Gasteiger partial charge is 0.481 e. The number of amides is 9. The van der Waals surface area contributed by atoms with Gasteiger partial charge in [-0.2, -0.15) is 0 Å². The van der Waals surface area contributed by atoms with Crippen molar-refractivity contribution in [1.29, 1.82) is 0 Å². The molecule has 91 heavy (non-hydrogen) atoms. The summed E-state index contributed by atoms with van der Waals surface area (Å²) < 4.78 is 21.4. The van der Waals surface area contributed by atoms with Gasteiger partial charge in [0.2, 0.25) is 41.4 Å². The summed E-state index contributed by atoms with van der Waals surface area (Å²) in [6.07, 6.45) is -3.25. The zero-order valence-electron chi connectivity index (χ0n) is 53.0. The van der Waals surface area contributed by atoms with E-state index in [1.807, 2.05) is 54.6 Å². The molecular formula is C62H88N12O17. The number of hydrogen-bond donors (Lipinski definition) is 13. The minimum Gasteiger partial charge on any atom is -0.481 e. The first kappa shape index (κ1) is 75.9. The number of nitrogens with one attached hydrogen (secondary N) is 10. The second-order valence-corrected chi connectivity index (χ2v) is 24.0. The van der Waals surface area contributed by atoms with E-state index in [9.17, 15) is 62.6 Å². The molecule has 0 bridgehead atoms. The van der Waals surface area contributed by atoms with Crippen LogP contribution in [0.5, 0.6) is 0 Å². The maximum Gasteiger partial charge on any atom is 0.422 e. The Bertz CT molecular complexity index is 2910. The average molecular weight is 1270 g/mol. The third kappa shape index (κ3) is 27.1. The number of carbonyl (C=O) groups excluding carboxylic acids is 11. The topological polar surface area (TPSA) is 434 Å². The molecule has 0 heterocycles. The lowest BCUT2D eigenvalue weighted by Crippen LogP contribution is -2.62. The molecule has 6 atom stereocenters. The second kappa shape index (κ2) is 35.2. The number of esters is 2. The van der Waals surface area contributed by atoms with Crippen LogP contribution in [0.15, 0.2) is 104 Å². The molecule has 15 N–H and O–H groups in total. The number of rotatable bonds is 35. The van der Waals surface area contributed by atoms with E-state index in [2.05, 4.69) is 60.2 Å². The van der Waals surface area contributed by atoms with Crippen LogP contribution in [0.25, 0.3) is 0 Å². The number of primary amides is 1. The minimum absolute atomic E-state index is 0.0811. The molecule has 29 nitrogen and oxygen atoms in total. The molecule has 0 fully saturated rings. The zero-order chi connectivity index (χ0) is 68.3. The van der Waals surface area contributed by atoms with Crippen molar-refractivity contribution in [1.82, 2.24) is 53.6 Å². The van der Waals surface area contributed by atoms with Crippen molar-refractivity contribution < 1.29 is 81.6 Å². The van der Waals surface area contributed by atoms with Crippen LogP contribution in [-0.2, 0) is 77.2 Å². The number of benzene rings is 3. The number of carbonyl (C=O) groups is 12. The summed E-state index contributed by atoms with van der Waals surface area (Å²) in [6.45, 7) is 17.7. The molecule has 0 radical (unpaired) electrons. The smallest absolute Gasteiger partial charge is 0.422 e. The van der Waals surface area contributed by atoms with Gasteiger partial charge in [-0.3, -0.25) is 69.3 Å². The molecule has 3 aromatic rings. The maximum atomic E-state index is 14.3. The van der Waals surface area contributed by atoms with Crippen molar-refractivity contribution in [2.24, 2.45) is 11.5 Å². The van der Waals surface area contributed by atoms with Crippen LogP contribution in [0, 0.1) is 0 Å². The fourth-order valence-corrected chi connectivity index (χ4v) is 8.54. The van der Waals surface area contributed by atoms with Gasteiger partial charge >= 0.3 is 24.0 Å². The Kier molecular flexibility index (Phi) is 29.3. The van der Waals surface area contributed by atoms with E-state index in [-0.39, 0.29) is 26.0 Å². The molecule has 0 spiro atoms. The molecule has 9 amide bonds. The number of aliphatic carboxylic acids is 1. The summed E-state index contributed by atoms with van der Waals surface area (Å²) in [7, 11) is 0. The van der Waals surface area contributed by atoms with E-state index < -0.39 is 168 Å². The normalized spacial score (nSPS) is 13.9. The first-order valence-corrected chi connectivity index (χ1v) is 29.2. The van der Waals surface area contributed by atoms with Gasteiger partial charge in [-0.05, 0) is 98.8 Å². The molecule has 3 rings (SSSR count). The van der Waals surface area contributed by atoms with Crippen LogP contribution in [0.1, 0.15) is 131 Å². The van der Waals surface area contributed by atoms with Gasteiger partial charge in [0.15, 0.2) is 5.72 Å². The summed E-state index contributed by atoms with van der Waals surface area (Å²) in [4.78, 5) is 161. The van der Waals surface area contributed by atoms with E-state index in [4.69, 9.17) is 30.4 Å². The van der Waals surface area contributed by atoms with Crippen LogP contribution < -0.4 is 65.1 Å². The predicted molar refractivity (Wildman–Crippen MR) is 330 cm³/mol. The summed E-state index contributed by atoms with van der Waals surface area (Å²) in [5.74, 6) is -12.1. The molecule has 0 aromatic heterocycles. The Morgan fingerprint density at radius 3 is 1.49 bits per heavy atom. The first-order valence-electron chi connectivity index (χ1n) is 29.2. The molecular weight excluding hydrogens is 1180 g/mol. The monoisotopic (exact) mass is 1270 g/mol. The SMILES string of the molecule is C=CCO[C@](N)(CCC(=O)O)C(=O)N[C@H](CC(=O)NNC(c1ccccc1)(c1ccccc1)c1ccccc1)C(=O)NCC(=O)N[C@@H](CC(=O)OC(C)(C)C)C(=O)N[C@H](C)C(=O)N[C@@H](CC(=O)OC(C)(C)C)C(=O)N[C@@H](CCCNNC(=O)OC(C)(C)C)C(N)=O. The van der Waals surface area contributed by atoms with Crippen LogP contribution in [-0.4, -0.2) is 149 Å². The molecule has 29 heteroatoms. The second-order valence-electron chi connectivity index (χ2n) is 24.0. The van der Waals surface area contributed by atoms with Crippen LogP contribution in [0.4, 0.5) is 4.79 Å². The number of hydrazine groups is 2. The number of carboxylic acid groups (broad SMARTS) is 1. The lowest BCUT2D eigenvalue weighted by Gasteiger charge is -2.37. The third-order valence-electron chi connectivity index (χ3n) is 12.7. The first-order chi connectivity index (χ1) is 42.5. The highest BCUT2D eigenvalue weighted by molar-refractivity contribution is 5.99. The number of nitrogens with two attached hydrogens (primary N) is 2. The van der Waals surface area contributed by atoms with E-state index in [0.29, 0.717) is 16.7 Å². The lowest BCUT2D eigenvalue weighted by molar-refractivity contribution is -0.157. The van der Waals surface area contributed by atoms with Gasteiger partial charge < -0.3 is 61.7 Å². The Morgan fingerprint density at radius 1 is 0.571 bits per heavy atom. The maximum absolute atomic E-state index is 14.3. The van der Waals surface area contributed by atoms with Crippen molar-refractivity contribution in [2.75, 3.05) is 19.7 Å². The van der Waals surface area contributed by atoms with Gasteiger partial charge in [0.25, 0.3) is 5.91 Å². The standard InChI is InChI=1S/C62H88N12O17/c1-12-33-88-61(64,31-30-48(77)78)56(86)71-43(34-46(75)72-74-62(39-23-16-13-17-24-39,40-25-18-14-19-26-40)41-27-20-15-21-28-41)53(83)65-37-47(76)68-44(35-49(79)89-58(3,4)5)54(84)67-38(2)52(82)70-45(36-50(80)90-59(6,7)8)55(85)69-42(51(63)81)29-22-32-66-73-57(87)91-60(9,10)11/h12-21,23-28,38,42-45,66,74H,1,22,29-37,64H2,2-11H3,(H2,63,81)(H,65,83)(H,67,84)(H,68,76)(H,69,85)(H,70,82)(H,71,86)(H,72,75)(H,73,87)(H,77,78)/t38-,42+,43-,44+,45+,61-/m1/s1. The molecule has 498 valence electrons. The summed E-state index contributed by atoms with van der Waals surface area (Å²) in [5.41, 5.74) is 18.1. The van der Waals surface area contributed by atoms with Gasteiger partial charge in [0, 0.05) is 19.4 Å². The number of hydrogen-bond acceptors (Lipinski definition) is 19. The summed E-state index contributed by atoms with van der Waals surface area (Å²) >= 11 is 0. The number of ether oxygens (including phenoxy) is 4. The van der Waals surface area contributed by atoms with Gasteiger partial charge in [0.1, 0.15) is 52.6 Å². The van der Waals surface area contributed by atoms with Gasteiger partial charge in [-0.1, -0.05) is 97.1 Å². The average Bonchev–Trinajstić information content (AvgIpc) is 0.776. The van der Waals surface area contributed by atoms with E-state index in [0.717, 1.165) is 6.92 Å². The molecule has 0 aliphatic rings. The molecule has 0 unspecified atom stereocenters. The Balaban J connectivity index is 1.91. The van der Waals surface area contributed by atoms with E-state index >= 15 is 0 Å². The molecule has 0 aliphatic heterocycles. The van der Waals surface area contributed by atoms with Crippen LogP contribution >= 0.6 is 0 Å². The third-order valence-corrected chi connectivity index (χ3v) is 12.7. The van der Waals surface area contributed by atoms with Crippen molar-refractivity contribution in [3.63, 3.8) is 0 Å². The van der Waals surface area contributed by atoms with Gasteiger partial charge in [0.05, 0.1) is 32.4 Å². The lowest BCUT2D eigenvalue weighted by atomic mass is 9.77. The number of carboxylic acids is 1. The fourth-order valence-electron chi connectivity index (χ4n) is 8.54. The highest BCUT2D eigenvalue weighted by atomic mass is 16.6. The Labute approximate surface area is 528 Å². The van der Waals surface area contributed by atoms with Crippen molar-refractivity contribution in [3.05, 3.63) is 120 Å². The predicted octanol–water partition coefficient (Wildman–Crippen LogP) is 1.03. The highest BCUT2D eigenvalue weighted by Gasteiger charge is 2.41. The fraction of sp³-hybridized carbons (Fsp3) is 0.484. The molecule has 0 aliphatic carbocycles. The van der Waals surface area contributed by atoms with Crippen molar-refractivity contribution >= 4 is 71.3 Å². The summed E-state index contributed by atoms with van der Waals surface area (Å²) in [5, 5.41) is 23.5. The summed E-state index contributed by atoms with van der Waals surface area (Å²) in [6, 6.07) is 18.8. The quantitative estimate of drug-likeness (QED) is 0.00744. The van der Waals surface area contributed by atoms with Crippen molar-refractivity contribution in [3.8, 4) is 0 Å². The zero-order valence-corrected chi connectivity index (χ0v) is 53.0. The van der Waals surface area contributed by atoms with Gasteiger partial charge in [-0.15, -0.1) is 6.58 Å². The van der Waals surface area contributed by atoms with E-state index in [1.54, 1.807) is 77.9 Å². The van der Waals surface area contributed by atoms with Crippen LogP contribution in [0.2, 0.25) is 0 Å². The molecule has 3 aromatic carbocycles. The minimum atomic E-state index is -2.40. The van der Waals surface area contributed by atoms with E-state index in [1.165, 1.54) is 26.8 Å². The molecule has 0 saturated heterocycles. The Hall–Kier alpha value is -9.32. The Morgan fingerprint density at radius 2 is 1.03 bits per heavy atom. The van der Waals surface area contributed by atoms with Crippen LogP contribution in [0.3, 0.4) is 0 Å². The van der Waals surface area contributed by atoms with Gasteiger partial charge in [-0.25, -0.2) is 15.6 Å². The van der Waals surface area contributed by atoms with Crippen molar-refractivity contribution in [2.45, 2.75) is 172 Å². The highest BCUT2D eigenvalue weighted by Crippen LogP contribution is 2.36. The molecule has 0 saturated carbocycles.